The predicted octanol–water partition coefficient (Wildman–Crippen LogP) is 1.44. The van der Waals surface area contributed by atoms with Gasteiger partial charge in [-0.25, -0.2) is 5.84 Å². The molecule has 0 saturated heterocycles. The molecule has 1 aromatic rings. The normalized spacial score (nSPS) is 20.1. The van der Waals surface area contributed by atoms with Gasteiger partial charge in [0.2, 0.25) is 0 Å². The lowest BCUT2D eigenvalue weighted by Crippen LogP contribution is -2.52. The molecule has 4 N–H and O–H groups in total. The van der Waals surface area contributed by atoms with Gasteiger partial charge in [-0.2, -0.15) is 0 Å². The number of amides is 1. The molecule has 0 aliphatic heterocycles. The van der Waals surface area contributed by atoms with Crippen LogP contribution in [-0.4, -0.2) is 11.0 Å². The summed E-state index contributed by atoms with van der Waals surface area (Å²) in [6.45, 7) is 0. The Kier molecular flexibility index (Phi) is 3.99. The number of aliphatic hydroxyl groups is 1. The van der Waals surface area contributed by atoms with Crippen molar-refractivity contribution in [3.05, 3.63) is 35.9 Å². The molecule has 0 spiro atoms. The van der Waals surface area contributed by atoms with Gasteiger partial charge in [0.05, 0.1) is 0 Å². The minimum atomic E-state index is -1.50. The highest BCUT2D eigenvalue weighted by molar-refractivity contribution is 5.86. The molecule has 98 valence electrons. The van der Waals surface area contributed by atoms with E-state index in [4.69, 9.17) is 5.84 Å². The number of carbonyl (C=O) groups excluding carboxylic acids is 1. The summed E-state index contributed by atoms with van der Waals surface area (Å²) in [5.41, 5.74) is 1.23. The second kappa shape index (κ2) is 5.50. The first-order valence-corrected chi connectivity index (χ1v) is 6.48. The zero-order valence-electron chi connectivity index (χ0n) is 10.4. The maximum Gasteiger partial charge on any atom is 0.270 e. The molecule has 4 heteroatoms. The molecule has 18 heavy (non-hydrogen) atoms. The highest BCUT2D eigenvalue weighted by atomic mass is 16.3. The van der Waals surface area contributed by atoms with Crippen molar-refractivity contribution in [3.8, 4) is 0 Å². The van der Waals surface area contributed by atoms with Gasteiger partial charge < -0.3 is 5.11 Å². The van der Waals surface area contributed by atoms with Gasteiger partial charge in [0.15, 0.2) is 5.60 Å². The van der Waals surface area contributed by atoms with Gasteiger partial charge in [-0.05, 0) is 18.4 Å². The topological polar surface area (TPSA) is 75.3 Å². The Morgan fingerprint density at radius 1 is 1.22 bits per heavy atom. The lowest BCUT2D eigenvalue weighted by molar-refractivity contribution is -0.149. The highest BCUT2D eigenvalue weighted by Gasteiger charge is 2.45. The summed E-state index contributed by atoms with van der Waals surface area (Å²) in [6.07, 6.45) is 5.00. The largest absolute Gasteiger partial charge is 0.375 e. The number of nitrogens with one attached hydrogen (secondary N) is 1. The molecule has 0 radical (unpaired) electrons. The van der Waals surface area contributed by atoms with Crippen LogP contribution in [0.5, 0.6) is 0 Å². The van der Waals surface area contributed by atoms with E-state index in [1.165, 1.54) is 6.42 Å². The van der Waals surface area contributed by atoms with Crippen molar-refractivity contribution in [3.63, 3.8) is 0 Å². The van der Waals surface area contributed by atoms with E-state index in [9.17, 15) is 9.90 Å². The van der Waals surface area contributed by atoms with Crippen molar-refractivity contribution in [2.24, 2.45) is 11.8 Å². The van der Waals surface area contributed by atoms with Gasteiger partial charge in [-0.1, -0.05) is 49.6 Å². The summed E-state index contributed by atoms with van der Waals surface area (Å²) in [7, 11) is 0. The molecule has 0 heterocycles. The van der Waals surface area contributed by atoms with Crippen LogP contribution in [-0.2, 0) is 10.4 Å². The number of hydrogen-bond acceptors (Lipinski definition) is 3. The Labute approximate surface area is 107 Å². The zero-order valence-corrected chi connectivity index (χ0v) is 10.4. The van der Waals surface area contributed by atoms with E-state index in [1.54, 1.807) is 12.1 Å². The first kappa shape index (κ1) is 13.1. The Morgan fingerprint density at radius 3 is 2.39 bits per heavy atom. The van der Waals surface area contributed by atoms with Gasteiger partial charge >= 0.3 is 0 Å². The summed E-state index contributed by atoms with van der Waals surface area (Å²) >= 11 is 0. The second-order valence-corrected chi connectivity index (χ2v) is 4.94. The molecule has 2 rings (SSSR count). The number of nitrogens with two attached hydrogens (primary N) is 1. The van der Waals surface area contributed by atoms with E-state index in [-0.39, 0.29) is 5.92 Å². The number of carbonyl (C=O) groups is 1. The monoisotopic (exact) mass is 248 g/mol. The molecule has 1 amide bonds. The maximum absolute atomic E-state index is 12.0. The molecule has 1 aliphatic carbocycles. The minimum Gasteiger partial charge on any atom is -0.375 e. The van der Waals surface area contributed by atoms with Crippen molar-refractivity contribution < 1.29 is 9.90 Å². The zero-order chi connectivity index (χ0) is 13.0. The van der Waals surface area contributed by atoms with Crippen molar-refractivity contribution in [1.29, 1.82) is 0 Å². The molecule has 1 saturated carbocycles. The lowest BCUT2D eigenvalue weighted by atomic mass is 9.73. The molecule has 1 aliphatic rings. The van der Waals surface area contributed by atoms with Crippen molar-refractivity contribution in [1.82, 2.24) is 5.43 Å². The molecule has 1 fully saturated rings. The Bertz CT molecular complexity index is 402. The Morgan fingerprint density at radius 2 is 1.83 bits per heavy atom. The second-order valence-electron chi connectivity index (χ2n) is 4.94. The molecule has 1 atom stereocenters. The number of hydrazine groups is 1. The van der Waals surface area contributed by atoms with Crippen LogP contribution in [0, 0.1) is 5.92 Å². The molecule has 1 aromatic carbocycles. The van der Waals surface area contributed by atoms with Crippen LogP contribution < -0.4 is 11.3 Å². The highest BCUT2D eigenvalue weighted by Crippen LogP contribution is 2.39. The van der Waals surface area contributed by atoms with E-state index in [1.807, 2.05) is 18.2 Å². The number of benzene rings is 1. The molecule has 1 unspecified atom stereocenters. The molecule has 4 nitrogen and oxygen atoms in total. The average Bonchev–Trinajstić information content (AvgIpc) is 2.47. The van der Waals surface area contributed by atoms with Gasteiger partial charge in [-0.3, -0.25) is 10.2 Å². The number of rotatable bonds is 3. The maximum atomic E-state index is 12.0. The fourth-order valence-electron chi connectivity index (χ4n) is 2.87. The fraction of sp³-hybridized carbons (Fsp3) is 0.500. The van der Waals surface area contributed by atoms with Crippen LogP contribution in [0.15, 0.2) is 30.3 Å². The summed E-state index contributed by atoms with van der Waals surface area (Å²) in [6, 6.07) is 9.08. The molecule has 0 bridgehead atoms. The van der Waals surface area contributed by atoms with Crippen LogP contribution in [0.25, 0.3) is 0 Å². The first-order valence-electron chi connectivity index (χ1n) is 6.48. The van der Waals surface area contributed by atoms with E-state index in [2.05, 4.69) is 5.43 Å². The van der Waals surface area contributed by atoms with E-state index < -0.39 is 11.5 Å². The SMILES string of the molecule is NNC(=O)C(O)(c1ccccc1)C1CCCCC1. The first-order chi connectivity index (χ1) is 8.69. The summed E-state index contributed by atoms with van der Waals surface area (Å²) in [5, 5.41) is 10.9. The van der Waals surface area contributed by atoms with Gasteiger partial charge in [0.25, 0.3) is 5.91 Å². The summed E-state index contributed by atoms with van der Waals surface area (Å²) < 4.78 is 0. The average molecular weight is 248 g/mol. The quantitative estimate of drug-likeness (QED) is 0.430. The number of hydrogen-bond donors (Lipinski definition) is 3. The predicted molar refractivity (Wildman–Crippen MR) is 69.2 cm³/mol. The molecular weight excluding hydrogens is 228 g/mol. The third-order valence-electron chi connectivity index (χ3n) is 3.89. The van der Waals surface area contributed by atoms with Crippen LogP contribution in [0.3, 0.4) is 0 Å². The van der Waals surface area contributed by atoms with Crippen LogP contribution in [0.4, 0.5) is 0 Å². The van der Waals surface area contributed by atoms with Crippen LogP contribution in [0.1, 0.15) is 37.7 Å². The van der Waals surface area contributed by atoms with E-state index in [0.717, 1.165) is 25.7 Å². The Balaban J connectivity index is 2.36. The van der Waals surface area contributed by atoms with Crippen molar-refractivity contribution in [2.75, 3.05) is 0 Å². The van der Waals surface area contributed by atoms with Gasteiger partial charge in [0, 0.05) is 5.92 Å². The van der Waals surface area contributed by atoms with Crippen molar-refractivity contribution in [2.45, 2.75) is 37.7 Å². The third-order valence-corrected chi connectivity index (χ3v) is 3.89. The van der Waals surface area contributed by atoms with E-state index in [0.29, 0.717) is 5.56 Å². The van der Waals surface area contributed by atoms with Gasteiger partial charge in [0.1, 0.15) is 0 Å². The minimum absolute atomic E-state index is 0.0581. The third kappa shape index (κ3) is 2.26. The standard InChI is InChI=1S/C14H20N2O2/c15-16-13(17)14(18,11-7-3-1-4-8-11)12-9-5-2-6-10-12/h1,3-4,7-8,12,18H,2,5-6,9-10,15H2,(H,16,17). The van der Waals surface area contributed by atoms with E-state index >= 15 is 0 Å². The fourth-order valence-corrected chi connectivity index (χ4v) is 2.87. The van der Waals surface area contributed by atoms with Crippen LogP contribution >= 0.6 is 0 Å². The van der Waals surface area contributed by atoms with Crippen LogP contribution in [0.2, 0.25) is 0 Å². The van der Waals surface area contributed by atoms with Crippen molar-refractivity contribution >= 4 is 5.91 Å². The van der Waals surface area contributed by atoms with Gasteiger partial charge in [-0.15, -0.1) is 0 Å². The smallest absolute Gasteiger partial charge is 0.270 e. The molecular formula is C14H20N2O2. The summed E-state index contributed by atoms with van der Waals surface area (Å²) in [5.74, 6) is 4.67. The summed E-state index contributed by atoms with van der Waals surface area (Å²) in [4.78, 5) is 12.0. The lowest BCUT2D eigenvalue weighted by Gasteiger charge is -2.37. The Hall–Kier alpha value is -1.39. The molecule has 0 aromatic heterocycles.